The van der Waals surface area contributed by atoms with Crippen LogP contribution in [-0.2, 0) is 0 Å². The van der Waals surface area contributed by atoms with Gasteiger partial charge in [0.05, 0.1) is 15.7 Å². The van der Waals surface area contributed by atoms with Gasteiger partial charge < -0.3 is 10.2 Å². The van der Waals surface area contributed by atoms with Crippen molar-refractivity contribution in [2.75, 3.05) is 25.0 Å². The Morgan fingerprint density at radius 2 is 2.00 bits per heavy atom. The molecule has 1 N–H and O–H groups in total. The standard InChI is InChI=1S/C11H13Cl2FN2/c1-15-8-2-3-16(6-8)11-9(12)4-7(14)5-10(11)13/h4-5,8,15H,2-3,6H2,1H3. The molecule has 2 nitrogen and oxygen atoms in total. The van der Waals surface area contributed by atoms with Crippen molar-refractivity contribution < 1.29 is 4.39 Å². The molecule has 0 amide bonds. The molecule has 1 saturated heterocycles. The van der Waals surface area contributed by atoms with Gasteiger partial charge in [-0.1, -0.05) is 23.2 Å². The van der Waals surface area contributed by atoms with Crippen molar-refractivity contribution in [3.05, 3.63) is 28.0 Å². The van der Waals surface area contributed by atoms with Crippen LogP contribution in [0.3, 0.4) is 0 Å². The highest BCUT2D eigenvalue weighted by Gasteiger charge is 2.24. The second kappa shape index (κ2) is 4.78. The lowest BCUT2D eigenvalue weighted by Gasteiger charge is -2.21. The van der Waals surface area contributed by atoms with Crippen LogP contribution in [0.5, 0.6) is 0 Å². The lowest BCUT2D eigenvalue weighted by molar-refractivity contribution is 0.616. The SMILES string of the molecule is CNC1CCN(c2c(Cl)cc(F)cc2Cl)C1. The van der Waals surface area contributed by atoms with E-state index in [1.165, 1.54) is 12.1 Å². The lowest BCUT2D eigenvalue weighted by Crippen LogP contribution is -2.29. The highest BCUT2D eigenvalue weighted by molar-refractivity contribution is 6.39. The first-order valence-electron chi connectivity index (χ1n) is 5.18. The van der Waals surface area contributed by atoms with Crippen LogP contribution < -0.4 is 10.2 Å². The number of halogens is 3. The molecular formula is C11H13Cl2FN2. The van der Waals surface area contributed by atoms with Crippen LogP contribution in [0, 0.1) is 5.82 Å². The first-order valence-corrected chi connectivity index (χ1v) is 5.94. The number of hydrogen-bond donors (Lipinski definition) is 1. The van der Waals surface area contributed by atoms with Crippen LogP contribution in [0.25, 0.3) is 0 Å². The average Bonchev–Trinajstić information content (AvgIpc) is 2.64. The van der Waals surface area contributed by atoms with Gasteiger partial charge in [-0.05, 0) is 25.6 Å². The Morgan fingerprint density at radius 1 is 1.38 bits per heavy atom. The maximum atomic E-state index is 13.0. The van der Waals surface area contributed by atoms with Gasteiger partial charge in [0.1, 0.15) is 5.82 Å². The molecule has 0 bridgehead atoms. The Morgan fingerprint density at radius 3 is 2.50 bits per heavy atom. The third-order valence-corrected chi connectivity index (χ3v) is 3.47. The van der Waals surface area contributed by atoms with Crippen molar-refractivity contribution in [1.82, 2.24) is 5.32 Å². The molecule has 1 fully saturated rings. The quantitative estimate of drug-likeness (QED) is 0.882. The predicted molar refractivity (Wildman–Crippen MR) is 66.1 cm³/mol. The Labute approximate surface area is 104 Å². The molecule has 1 heterocycles. The summed E-state index contributed by atoms with van der Waals surface area (Å²) in [5.41, 5.74) is 0.738. The van der Waals surface area contributed by atoms with Crippen LogP contribution in [-0.4, -0.2) is 26.2 Å². The molecular weight excluding hydrogens is 250 g/mol. The zero-order valence-corrected chi connectivity index (χ0v) is 10.4. The first-order chi connectivity index (χ1) is 7.61. The number of nitrogens with one attached hydrogen (secondary N) is 1. The number of anilines is 1. The normalized spacial score (nSPS) is 20.5. The fraction of sp³-hybridized carbons (Fsp3) is 0.455. The second-order valence-electron chi connectivity index (χ2n) is 3.94. The predicted octanol–water partition coefficient (Wildman–Crippen LogP) is 2.93. The lowest BCUT2D eigenvalue weighted by atomic mass is 10.2. The smallest absolute Gasteiger partial charge is 0.126 e. The molecule has 5 heteroatoms. The highest BCUT2D eigenvalue weighted by atomic mass is 35.5. The molecule has 0 saturated carbocycles. The molecule has 0 aliphatic carbocycles. The van der Waals surface area contributed by atoms with Gasteiger partial charge in [0.25, 0.3) is 0 Å². The number of rotatable bonds is 2. The molecule has 16 heavy (non-hydrogen) atoms. The first kappa shape index (κ1) is 12.0. The molecule has 2 rings (SSSR count). The minimum Gasteiger partial charge on any atom is -0.367 e. The summed E-state index contributed by atoms with van der Waals surface area (Å²) in [7, 11) is 1.93. The summed E-state index contributed by atoms with van der Waals surface area (Å²) < 4.78 is 13.0. The minimum absolute atomic E-state index is 0.377. The van der Waals surface area contributed by atoms with Gasteiger partial charge in [0.2, 0.25) is 0 Å². The van der Waals surface area contributed by atoms with E-state index < -0.39 is 5.82 Å². The number of nitrogens with zero attached hydrogens (tertiary/aromatic N) is 1. The maximum absolute atomic E-state index is 13.0. The van der Waals surface area contributed by atoms with E-state index >= 15 is 0 Å². The van der Waals surface area contributed by atoms with Gasteiger partial charge in [-0.15, -0.1) is 0 Å². The molecule has 1 unspecified atom stereocenters. The van der Waals surface area contributed by atoms with Crippen molar-refractivity contribution in [3.8, 4) is 0 Å². The van der Waals surface area contributed by atoms with E-state index in [4.69, 9.17) is 23.2 Å². The van der Waals surface area contributed by atoms with E-state index in [9.17, 15) is 4.39 Å². The summed E-state index contributed by atoms with van der Waals surface area (Å²) in [4.78, 5) is 2.09. The molecule has 0 aromatic heterocycles. The van der Waals surface area contributed by atoms with Crippen LogP contribution in [0.4, 0.5) is 10.1 Å². The minimum atomic E-state index is -0.400. The van der Waals surface area contributed by atoms with E-state index in [0.29, 0.717) is 16.1 Å². The van der Waals surface area contributed by atoms with E-state index in [-0.39, 0.29) is 0 Å². The number of hydrogen-bond acceptors (Lipinski definition) is 2. The zero-order chi connectivity index (χ0) is 11.7. The van der Waals surface area contributed by atoms with E-state index in [1.54, 1.807) is 0 Å². The van der Waals surface area contributed by atoms with Gasteiger partial charge in [-0.25, -0.2) is 4.39 Å². The van der Waals surface area contributed by atoms with Crippen LogP contribution in [0.1, 0.15) is 6.42 Å². The Kier molecular flexibility index (Phi) is 3.57. The van der Waals surface area contributed by atoms with Crippen molar-refractivity contribution in [2.45, 2.75) is 12.5 Å². The zero-order valence-electron chi connectivity index (χ0n) is 8.93. The number of likely N-dealkylation sites (N-methyl/N-ethyl adjacent to an activating group) is 1. The number of benzene rings is 1. The topological polar surface area (TPSA) is 15.3 Å². The Hall–Kier alpha value is -0.510. The van der Waals surface area contributed by atoms with Gasteiger partial charge in [0, 0.05) is 19.1 Å². The van der Waals surface area contributed by atoms with Gasteiger partial charge >= 0.3 is 0 Å². The molecule has 0 radical (unpaired) electrons. The van der Waals surface area contributed by atoms with E-state index in [2.05, 4.69) is 10.2 Å². The maximum Gasteiger partial charge on any atom is 0.126 e. The van der Waals surface area contributed by atoms with Crippen LogP contribution in [0.2, 0.25) is 10.0 Å². The molecule has 1 aromatic carbocycles. The van der Waals surface area contributed by atoms with Crippen LogP contribution in [0.15, 0.2) is 12.1 Å². The highest BCUT2D eigenvalue weighted by Crippen LogP contribution is 2.36. The summed E-state index contributed by atoms with van der Waals surface area (Å²) in [5.74, 6) is -0.400. The van der Waals surface area contributed by atoms with Gasteiger partial charge in [-0.3, -0.25) is 0 Å². The third-order valence-electron chi connectivity index (χ3n) is 2.89. The average molecular weight is 263 g/mol. The Balaban J connectivity index is 2.28. The fourth-order valence-electron chi connectivity index (χ4n) is 2.04. The monoisotopic (exact) mass is 262 g/mol. The van der Waals surface area contributed by atoms with Crippen LogP contribution >= 0.6 is 23.2 Å². The summed E-state index contributed by atoms with van der Waals surface area (Å²) in [6.45, 7) is 1.73. The van der Waals surface area contributed by atoms with E-state index in [1.807, 2.05) is 7.05 Å². The molecule has 1 aliphatic rings. The molecule has 1 aliphatic heterocycles. The summed E-state index contributed by atoms with van der Waals surface area (Å²) in [6, 6.07) is 3.04. The van der Waals surface area contributed by atoms with E-state index in [0.717, 1.165) is 25.2 Å². The van der Waals surface area contributed by atoms with Crippen molar-refractivity contribution in [2.24, 2.45) is 0 Å². The molecule has 0 spiro atoms. The van der Waals surface area contributed by atoms with Gasteiger partial charge in [-0.2, -0.15) is 0 Å². The van der Waals surface area contributed by atoms with Crippen molar-refractivity contribution in [3.63, 3.8) is 0 Å². The molecule has 88 valence electrons. The summed E-state index contributed by atoms with van der Waals surface area (Å²) in [6.07, 6.45) is 1.04. The van der Waals surface area contributed by atoms with Crippen molar-refractivity contribution >= 4 is 28.9 Å². The van der Waals surface area contributed by atoms with Gasteiger partial charge in [0.15, 0.2) is 0 Å². The summed E-state index contributed by atoms with van der Waals surface area (Å²) >= 11 is 12.0. The fourth-order valence-corrected chi connectivity index (χ4v) is 2.74. The third kappa shape index (κ3) is 2.26. The Bertz CT molecular complexity index is 375. The largest absolute Gasteiger partial charge is 0.367 e. The summed E-state index contributed by atoms with van der Waals surface area (Å²) in [5, 5.41) is 3.97. The second-order valence-corrected chi connectivity index (χ2v) is 4.75. The molecule has 1 atom stereocenters. The molecule has 1 aromatic rings. The van der Waals surface area contributed by atoms with Crippen molar-refractivity contribution in [1.29, 1.82) is 0 Å².